The highest BCUT2D eigenvalue weighted by Gasteiger charge is 2.51. The van der Waals surface area contributed by atoms with Crippen molar-refractivity contribution in [3.05, 3.63) is 48.6 Å². The molecule has 75 heavy (non-hydrogen) atoms. The fourth-order valence-corrected chi connectivity index (χ4v) is 9.94. The van der Waals surface area contributed by atoms with Crippen LogP contribution in [0.1, 0.15) is 239 Å². The van der Waals surface area contributed by atoms with Gasteiger partial charge in [-0.15, -0.1) is 0 Å². The molecule has 0 saturated carbocycles. The average molecular weight is 1070 g/mol. The van der Waals surface area contributed by atoms with Crippen LogP contribution in [0.25, 0.3) is 0 Å². The van der Waals surface area contributed by atoms with Crippen molar-refractivity contribution in [1.29, 1.82) is 0 Å². The first kappa shape index (κ1) is 69.1. The number of carbonyl (C=O) groups excluding carboxylic acids is 1. The van der Waals surface area contributed by atoms with Gasteiger partial charge in [0, 0.05) is 6.42 Å². The molecule has 0 radical (unpaired) electrons. The molecule has 2 fully saturated rings. The molecule has 2 aliphatic heterocycles. The van der Waals surface area contributed by atoms with Gasteiger partial charge >= 0.3 is 0 Å². The normalized spacial score (nSPS) is 25.4. The Morgan fingerprint density at radius 3 is 1.41 bits per heavy atom. The van der Waals surface area contributed by atoms with Crippen LogP contribution in [-0.4, -0.2) is 140 Å². The number of nitrogens with one attached hydrogen (secondary N) is 1. The summed E-state index contributed by atoms with van der Waals surface area (Å²) in [5.74, 6) is -0.210. The van der Waals surface area contributed by atoms with Gasteiger partial charge in [0.1, 0.15) is 48.8 Å². The third kappa shape index (κ3) is 32.6. The van der Waals surface area contributed by atoms with E-state index in [9.17, 15) is 45.6 Å². The lowest BCUT2D eigenvalue weighted by Gasteiger charge is -2.46. The SMILES string of the molecule is CC/C=C\C/C=C\C/C=C\C/C=C\CCCCCCCCCCCCCCCCCCCCCCCCC(=O)NC(COC1OC(CO)C(OC2OC(CO)C(O)C(O)C2O)C(O)C1O)C(O)CCCCCCCC. The van der Waals surface area contributed by atoms with Crippen LogP contribution in [0.3, 0.4) is 0 Å². The monoisotopic (exact) mass is 1070 g/mol. The zero-order valence-corrected chi connectivity index (χ0v) is 47.0. The fraction of sp³-hybridized carbons (Fsp3) is 0.852. The van der Waals surface area contributed by atoms with Gasteiger partial charge in [-0.2, -0.15) is 0 Å². The number of hydrogen-bond donors (Lipinski definition) is 9. The van der Waals surface area contributed by atoms with E-state index >= 15 is 0 Å². The lowest BCUT2D eigenvalue weighted by atomic mass is 9.97. The number of carbonyl (C=O) groups is 1. The fourth-order valence-electron chi connectivity index (χ4n) is 9.94. The minimum Gasteiger partial charge on any atom is -0.394 e. The van der Waals surface area contributed by atoms with E-state index in [2.05, 4.69) is 67.8 Å². The van der Waals surface area contributed by atoms with Crippen molar-refractivity contribution in [2.45, 2.75) is 312 Å². The standard InChI is InChI=1S/C61H111NO13/c1-3-5-7-9-11-12-13-14-15-16-17-18-19-20-21-22-23-24-25-26-27-28-29-30-31-32-33-34-35-36-37-38-39-41-43-45-53(66)62-49(50(65)44-42-40-10-8-6-4-2)48-72-60-58(71)56(69)59(52(47-64)74-60)75-61-57(70)55(68)54(67)51(46-63)73-61/h5,7,11-12,14-15,17-18,49-52,54-61,63-65,67-71H,3-4,6,8-10,13,16,19-48H2,1-2H3,(H,62,66)/b7-5-,12-11-,15-14-,18-17-. The summed E-state index contributed by atoms with van der Waals surface area (Å²) in [7, 11) is 0. The predicted octanol–water partition coefficient (Wildman–Crippen LogP) is 10.4. The number of allylic oxidation sites excluding steroid dienone is 8. The first-order chi connectivity index (χ1) is 36.6. The van der Waals surface area contributed by atoms with Gasteiger partial charge in [0.15, 0.2) is 12.6 Å². The number of hydrogen-bond acceptors (Lipinski definition) is 13. The molecule has 2 heterocycles. The van der Waals surface area contributed by atoms with E-state index in [1.807, 2.05) is 0 Å². The molecule has 12 atom stereocenters. The number of rotatable bonds is 48. The molecule has 2 rings (SSSR count). The summed E-state index contributed by atoms with van der Waals surface area (Å²) in [6.07, 6.45) is 42.0. The van der Waals surface area contributed by atoms with Crippen LogP contribution in [0, 0.1) is 0 Å². The Morgan fingerprint density at radius 2 is 0.920 bits per heavy atom. The summed E-state index contributed by atoms with van der Waals surface area (Å²) in [6.45, 7) is 2.67. The van der Waals surface area contributed by atoms with Gasteiger partial charge in [-0.1, -0.05) is 229 Å². The maximum atomic E-state index is 13.2. The molecule has 2 saturated heterocycles. The van der Waals surface area contributed by atoms with Crippen molar-refractivity contribution in [2.75, 3.05) is 19.8 Å². The van der Waals surface area contributed by atoms with Crippen LogP contribution in [0.5, 0.6) is 0 Å². The molecule has 0 spiro atoms. The summed E-state index contributed by atoms with van der Waals surface area (Å²) in [5, 5.41) is 86.7. The predicted molar refractivity (Wildman–Crippen MR) is 300 cm³/mol. The van der Waals surface area contributed by atoms with Gasteiger partial charge in [0.25, 0.3) is 0 Å². The van der Waals surface area contributed by atoms with E-state index in [1.165, 1.54) is 122 Å². The minimum absolute atomic E-state index is 0.210. The summed E-state index contributed by atoms with van der Waals surface area (Å²) in [5.41, 5.74) is 0. The Hall–Kier alpha value is -2.05. The van der Waals surface area contributed by atoms with E-state index < -0.39 is 86.8 Å². The third-order valence-corrected chi connectivity index (χ3v) is 14.8. The molecule has 14 heteroatoms. The van der Waals surface area contributed by atoms with E-state index in [0.717, 1.165) is 89.9 Å². The van der Waals surface area contributed by atoms with Crippen molar-refractivity contribution >= 4 is 5.91 Å². The average Bonchev–Trinajstić information content (AvgIpc) is 3.41. The molecular weight excluding hydrogens is 955 g/mol. The molecule has 2 aliphatic rings. The lowest BCUT2D eigenvalue weighted by Crippen LogP contribution is -2.65. The second kappa shape index (κ2) is 46.8. The smallest absolute Gasteiger partial charge is 0.220 e. The van der Waals surface area contributed by atoms with Crippen molar-refractivity contribution in [3.63, 3.8) is 0 Å². The van der Waals surface area contributed by atoms with Gasteiger partial charge in [-0.3, -0.25) is 4.79 Å². The summed E-state index contributed by atoms with van der Waals surface area (Å²) >= 11 is 0. The Kier molecular flexibility index (Phi) is 43.1. The van der Waals surface area contributed by atoms with E-state index in [1.54, 1.807) is 0 Å². The zero-order valence-electron chi connectivity index (χ0n) is 47.0. The summed E-state index contributed by atoms with van der Waals surface area (Å²) in [6, 6.07) is -0.823. The Bertz CT molecular complexity index is 1440. The number of unbranched alkanes of at least 4 members (excludes halogenated alkanes) is 27. The van der Waals surface area contributed by atoms with Crippen molar-refractivity contribution in [1.82, 2.24) is 5.32 Å². The maximum absolute atomic E-state index is 13.2. The van der Waals surface area contributed by atoms with Gasteiger partial charge in [-0.25, -0.2) is 0 Å². The second-order valence-corrected chi connectivity index (χ2v) is 21.5. The Morgan fingerprint density at radius 1 is 0.493 bits per heavy atom. The highest BCUT2D eigenvalue weighted by atomic mass is 16.7. The van der Waals surface area contributed by atoms with Crippen molar-refractivity contribution < 1.29 is 64.6 Å². The maximum Gasteiger partial charge on any atom is 0.220 e. The van der Waals surface area contributed by atoms with Gasteiger partial charge in [-0.05, 0) is 51.4 Å². The molecule has 0 aromatic rings. The van der Waals surface area contributed by atoms with Crippen LogP contribution in [0.15, 0.2) is 48.6 Å². The quantitative estimate of drug-likeness (QED) is 0.0204. The van der Waals surface area contributed by atoms with Crippen molar-refractivity contribution in [2.24, 2.45) is 0 Å². The number of ether oxygens (including phenoxy) is 4. The van der Waals surface area contributed by atoms with Gasteiger partial charge in [0.2, 0.25) is 5.91 Å². The first-order valence-electron chi connectivity index (χ1n) is 30.4. The van der Waals surface area contributed by atoms with E-state index in [-0.39, 0.29) is 12.5 Å². The molecule has 0 bridgehead atoms. The molecule has 0 aromatic carbocycles. The largest absolute Gasteiger partial charge is 0.394 e. The van der Waals surface area contributed by atoms with Crippen LogP contribution in [0.4, 0.5) is 0 Å². The third-order valence-electron chi connectivity index (χ3n) is 14.8. The highest BCUT2D eigenvalue weighted by molar-refractivity contribution is 5.76. The Labute approximate surface area is 454 Å². The second-order valence-electron chi connectivity index (χ2n) is 21.5. The van der Waals surface area contributed by atoms with Gasteiger partial charge in [0.05, 0.1) is 32.0 Å². The summed E-state index contributed by atoms with van der Waals surface area (Å²) in [4.78, 5) is 13.2. The topological polar surface area (TPSA) is 228 Å². The van der Waals surface area contributed by atoms with Crippen molar-refractivity contribution in [3.8, 4) is 0 Å². The molecule has 14 nitrogen and oxygen atoms in total. The first-order valence-corrected chi connectivity index (χ1v) is 30.4. The van der Waals surface area contributed by atoms with E-state index in [0.29, 0.717) is 12.8 Å². The number of amides is 1. The van der Waals surface area contributed by atoms with Gasteiger partial charge < -0.3 is 65.1 Å². The van der Waals surface area contributed by atoms with Crippen LogP contribution < -0.4 is 5.32 Å². The van der Waals surface area contributed by atoms with Crippen LogP contribution in [-0.2, 0) is 23.7 Å². The summed E-state index contributed by atoms with van der Waals surface area (Å²) < 4.78 is 22.7. The number of aliphatic hydroxyl groups excluding tert-OH is 8. The van der Waals surface area contributed by atoms with E-state index in [4.69, 9.17) is 18.9 Å². The Balaban J connectivity index is 1.52. The number of aliphatic hydroxyl groups is 8. The zero-order chi connectivity index (χ0) is 54.6. The van der Waals surface area contributed by atoms with Crippen LogP contribution >= 0.6 is 0 Å². The molecular formula is C61H111NO13. The van der Waals surface area contributed by atoms with Crippen LogP contribution in [0.2, 0.25) is 0 Å². The molecule has 12 unspecified atom stereocenters. The lowest BCUT2D eigenvalue weighted by molar-refractivity contribution is -0.359. The molecule has 9 N–H and O–H groups in total. The molecule has 438 valence electrons. The highest BCUT2D eigenvalue weighted by Crippen LogP contribution is 2.30. The molecule has 0 aromatic heterocycles. The minimum atomic E-state index is -1.78. The molecule has 0 aliphatic carbocycles. The molecule has 1 amide bonds.